The highest BCUT2D eigenvalue weighted by Crippen LogP contribution is 2.33. The molecule has 2 rings (SSSR count). The van der Waals surface area contributed by atoms with Crippen LogP contribution in [0.5, 0.6) is 5.75 Å². The lowest BCUT2D eigenvalue weighted by Gasteiger charge is -2.42. The number of hydrogen-bond donors (Lipinski definition) is 1. The van der Waals surface area contributed by atoms with Crippen LogP contribution in [0.15, 0.2) is 22.9 Å². The Morgan fingerprint density at radius 3 is 2.71 bits per heavy atom. The van der Waals surface area contributed by atoms with Crippen molar-refractivity contribution in [2.24, 2.45) is 0 Å². The maximum absolute atomic E-state index is 11.9. The molecule has 1 fully saturated rings. The first kappa shape index (κ1) is 16.1. The highest BCUT2D eigenvalue weighted by molar-refractivity contribution is 9.10. The van der Waals surface area contributed by atoms with Crippen molar-refractivity contribution in [3.05, 3.63) is 22.9 Å². The van der Waals surface area contributed by atoms with Crippen molar-refractivity contribution < 1.29 is 14.3 Å². The second-order valence-electron chi connectivity index (χ2n) is 6.34. The number of carbonyl (C=O) groups is 1. The van der Waals surface area contributed by atoms with Crippen LogP contribution in [0, 0.1) is 0 Å². The van der Waals surface area contributed by atoms with Gasteiger partial charge in [0.15, 0.2) is 5.75 Å². The molecule has 1 saturated carbocycles. The maximum atomic E-state index is 11.9. The normalized spacial score (nSPS) is 16.8. The minimum absolute atomic E-state index is 0.336. The van der Waals surface area contributed by atoms with Gasteiger partial charge in [-0.2, -0.15) is 0 Å². The van der Waals surface area contributed by atoms with Gasteiger partial charge in [-0.05, 0) is 68.1 Å². The molecule has 21 heavy (non-hydrogen) atoms. The van der Waals surface area contributed by atoms with Crippen LogP contribution in [0.25, 0.3) is 0 Å². The summed E-state index contributed by atoms with van der Waals surface area (Å²) in [7, 11) is 0. The SMILES string of the molecule is CC(C)(C)OC(=O)NC1(COc2cccnc2Br)CCC1. The fourth-order valence-corrected chi connectivity index (χ4v) is 2.49. The minimum atomic E-state index is -0.498. The van der Waals surface area contributed by atoms with E-state index in [0.29, 0.717) is 17.0 Å². The van der Waals surface area contributed by atoms with E-state index >= 15 is 0 Å². The predicted molar refractivity (Wildman–Crippen MR) is 83.4 cm³/mol. The van der Waals surface area contributed by atoms with E-state index in [-0.39, 0.29) is 5.54 Å². The second kappa shape index (κ2) is 6.22. The van der Waals surface area contributed by atoms with Gasteiger partial charge in [0.2, 0.25) is 0 Å². The minimum Gasteiger partial charge on any atom is -0.488 e. The van der Waals surface area contributed by atoms with E-state index in [1.807, 2.05) is 32.9 Å². The van der Waals surface area contributed by atoms with Crippen LogP contribution in [0.4, 0.5) is 4.79 Å². The van der Waals surface area contributed by atoms with Gasteiger partial charge in [0.1, 0.15) is 16.8 Å². The van der Waals surface area contributed by atoms with Gasteiger partial charge in [-0.3, -0.25) is 0 Å². The zero-order chi connectivity index (χ0) is 15.5. The molecule has 1 heterocycles. The lowest BCUT2D eigenvalue weighted by Crippen LogP contribution is -2.58. The van der Waals surface area contributed by atoms with Gasteiger partial charge in [-0.15, -0.1) is 0 Å². The van der Waals surface area contributed by atoms with Gasteiger partial charge in [0.25, 0.3) is 0 Å². The van der Waals surface area contributed by atoms with Gasteiger partial charge >= 0.3 is 6.09 Å². The summed E-state index contributed by atoms with van der Waals surface area (Å²) in [4.78, 5) is 16.0. The molecule has 6 heteroatoms. The number of nitrogens with zero attached hydrogens (tertiary/aromatic N) is 1. The molecule has 1 N–H and O–H groups in total. The number of amides is 1. The molecule has 0 aromatic carbocycles. The molecule has 1 aromatic rings. The Balaban J connectivity index is 1.93. The van der Waals surface area contributed by atoms with Gasteiger partial charge < -0.3 is 14.8 Å². The van der Waals surface area contributed by atoms with E-state index in [1.165, 1.54) is 0 Å². The Bertz CT molecular complexity index is 510. The zero-order valence-corrected chi connectivity index (χ0v) is 14.2. The van der Waals surface area contributed by atoms with E-state index < -0.39 is 11.7 Å². The van der Waals surface area contributed by atoms with Crippen LogP contribution < -0.4 is 10.1 Å². The molecule has 0 atom stereocenters. The molecular formula is C15H21BrN2O3. The zero-order valence-electron chi connectivity index (χ0n) is 12.6. The third kappa shape index (κ3) is 4.59. The number of nitrogens with one attached hydrogen (secondary N) is 1. The molecule has 0 unspecified atom stereocenters. The van der Waals surface area contributed by atoms with Crippen molar-refractivity contribution in [2.75, 3.05) is 6.61 Å². The molecule has 0 spiro atoms. The van der Waals surface area contributed by atoms with Crippen LogP contribution in [-0.4, -0.2) is 28.8 Å². The summed E-state index contributed by atoms with van der Waals surface area (Å²) in [6, 6.07) is 3.66. The van der Waals surface area contributed by atoms with Crippen molar-refractivity contribution in [2.45, 2.75) is 51.2 Å². The van der Waals surface area contributed by atoms with E-state index in [4.69, 9.17) is 9.47 Å². The van der Waals surface area contributed by atoms with E-state index in [9.17, 15) is 4.79 Å². The molecule has 0 radical (unpaired) electrons. The van der Waals surface area contributed by atoms with Crippen molar-refractivity contribution in [1.29, 1.82) is 0 Å². The smallest absolute Gasteiger partial charge is 0.408 e. The second-order valence-corrected chi connectivity index (χ2v) is 7.09. The number of pyridine rings is 1. The van der Waals surface area contributed by atoms with E-state index in [1.54, 1.807) is 6.20 Å². The van der Waals surface area contributed by atoms with E-state index in [2.05, 4.69) is 26.2 Å². The molecule has 1 aromatic heterocycles. The van der Waals surface area contributed by atoms with Crippen LogP contribution in [0.3, 0.4) is 0 Å². The number of aromatic nitrogens is 1. The average Bonchev–Trinajstić information content (AvgIpc) is 2.32. The van der Waals surface area contributed by atoms with Crippen LogP contribution in [0.2, 0.25) is 0 Å². The Morgan fingerprint density at radius 1 is 1.48 bits per heavy atom. The standard InChI is InChI=1S/C15H21BrN2O3/c1-14(2,3)21-13(19)18-15(7-5-8-15)10-20-11-6-4-9-17-12(11)16/h4,6,9H,5,7-8,10H2,1-3H3,(H,18,19). The van der Waals surface area contributed by atoms with Gasteiger partial charge in [-0.1, -0.05) is 0 Å². The molecular weight excluding hydrogens is 336 g/mol. The third-order valence-electron chi connectivity index (χ3n) is 3.31. The summed E-state index contributed by atoms with van der Waals surface area (Å²) in [6.07, 6.45) is 4.16. The average molecular weight is 357 g/mol. The molecule has 0 bridgehead atoms. The maximum Gasteiger partial charge on any atom is 0.408 e. The summed E-state index contributed by atoms with van der Waals surface area (Å²) >= 11 is 3.35. The van der Waals surface area contributed by atoms with Gasteiger partial charge in [0, 0.05) is 6.20 Å². The lowest BCUT2D eigenvalue weighted by atomic mass is 9.77. The van der Waals surface area contributed by atoms with Crippen LogP contribution in [-0.2, 0) is 4.74 Å². The molecule has 0 aliphatic heterocycles. The summed E-state index contributed by atoms with van der Waals surface area (Å²) in [5.74, 6) is 0.676. The first-order valence-electron chi connectivity index (χ1n) is 7.04. The molecule has 1 aliphatic rings. The third-order valence-corrected chi connectivity index (χ3v) is 3.90. The largest absolute Gasteiger partial charge is 0.488 e. The first-order chi connectivity index (χ1) is 9.80. The highest BCUT2D eigenvalue weighted by Gasteiger charge is 2.40. The monoisotopic (exact) mass is 356 g/mol. The van der Waals surface area contributed by atoms with Crippen LogP contribution in [0.1, 0.15) is 40.0 Å². The van der Waals surface area contributed by atoms with Crippen molar-refractivity contribution in [3.63, 3.8) is 0 Å². The quantitative estimate of drug-likeness (QED) is 0.836. The Morgan fingerprint density at radius 2 is 2.19 bits per heavy atom. The molecule has 5 nitrogen and oxygen atoms in total. The summed E-state index contributed by atoms with van der Waals surface area (Å²) in [5, 5.41) is 2.95. The number of alkyl carbamates (subject to hydrolysis) is 1. The Kier molecular flexibility index (Phi) is 4.76. The Hall–Kier alpha value is -1.30. The van der Waals surface area contributed by atoms with Crippen molar-refractivity contribution >= 4 is 22.0 Å². The fourth-order valence-electron chi connectivity index (χ4n) is 2.12. The number of halogens is 1. The highest BCUT2D eigenvalue weighted by atomic mass is 79.9. The first-order valence-corrected chi connectivity index (χ1v) is 7.83. The molecule has 0 saturated heterocycles. The lowest BCUT2D eigenvalue weighted by molar-refractivity contribution is 0.0293. The summed E-state index contributed by atoms with van der Waals surface area (Å²) < 4.78 is 11.8. The van der Waals surface area contributed by atoms with E-state index in [0.717, 1.165) is 19.3 Å². The van der Waals surface area contributed by atoms with Crippen molar-refractivity contribution in [1.82, 2.24) is 10.3 Å². The fraction of sp³-hybridized carbons (Fsp3) is 0.600. The predicted octanol–water partition coefficient (Wildman–Crippen LogP) is 3.67. The van der Waals surface area contributed by atoms with Gasteiger partial charge in [0.05, 0.1) is 5.54 Å². The van der Waals surface area contributed by atoms with Crippen molar-refractivity contribution in [3.8, 4) is 5.75 Å². The topological polar surface area (TPSA) is 60.5 Å². The number of ether oxygens (including phenoxy) is 2. The molecule has 116 valence electrons. The summed E-state index contributed by atoms with van der Waals surface area (Å²) in [6.45, 7) is 5.96. The number of rotatable bonds is 4. The Labute approximate surface area is 133 Å². The number of carbonyl (C=O) groups excluding carboxylic acids is 1. The summed E-state index contributed by atoms with van der Waals surface area (Å²) in [5.41, 5.74) is -0.833. The van der Waals surface area contributed by atoms with Gasteiger partial charge in [-0.25, -0.2) is 9.78 Å². The van der Waals surface area contributed by atoms with Crippen LogP contribution >= 0.6 is 15.9 Å². The molecule has 1 aliphatic carbocycles. The number of hydrogen-bond acceptors (Lipinski definition) is 4. The molecule has 1 amide bonds.